The van der Waals surface area contributed by atoms with Gasteiger partial charge in [-0.3, -0.25) is 0 Å². The summed E-state index contributed by atoms with van der Waals surface area (Å²) in [6.07, 6.45) is 6.84. The average Bonchev–Trinajstić information content (AvgIpc) is 2.71. The van der Waals surface area contributed by atoms with E-state index in [1.165, 1.54) is 25.7 Å². The van der Waals surface area contributed by atoms with E-state index in [1.807, 2.05) is 12.1 Å². The van der Waals surface area contributed by atoms with Crippen molar-refractivity contribution in [2.45, 2.75) is 31.7 Å². The Bertz CT molecular complexity index is 359. The van der Waals surface area contributed by atoms with Gasteiger partial charge in [0.15, 0.2) is 0 Å². The molecule has 1 aromatic heterocycles. The molecule has 1 aliphatic carbocycles. The van der Waals surface area contributed by atoms with Crippen molar-refractivity contribution in [3.63, 3.8) is 0 Å². The third-order valence-corrected chi connectivity index (χ3v) is 2.99. The molecule has 2 rings (SSSR count). The fraction of sp³-hybridized carbons (Fsp3) is 0.455. The Morgan fingerprint density at radius 2 is 2.20 bits per heavy atom. The summed E-state index contributed by atoms with van der Waals surface area (Å²) in [6, 6.07) is 4.32. The minimum atomic E-state index is 0.423. The molecule has 3 nitrogen and oxygen atoms in total. The molecule has 3 N–H and O–H groups in total. The van der Waals surface area contributed by atoms with Crippen LogP contribution >= 0.6 is 12.2 Å². The summed E-state index contributed by atoms with van der Waals surface area (Å²) in [6.45, 7) is 0. The number of hydrogen-bond acceptors (Lipinski definition) is 3. The van der Waals surface area contributed by atoms with E-state index >= 15 is 0 Å². The first kappa shape index (κ1) is 10.4. The molecule has 80 valence electrons. The molecule has 0 unspecified atom stereocenters. The summed E-state index contributed by atoms with van der Waals surface area (Å²) in [5.41, 5.74) is 6.44. The molecule has 15 heavy (non-hydrogen) atoms. The van der Waals surface area contributed by atoms with Gasteiger partial charge >= 0.3 is 0 Å². The summed E-state index contributed by atoms with van der Waals surface area (Å²) in [5.74, 6) is 0.882. The van der Waals surface area contributed by atoms with Crippen molar-refractivity contribution in [3.8, 4) is 0 Å². The van der Waals surface area contributed by atoms with Crippen molar-refractivity contribution in [2.75, 3.05) is 5.32 Å². The minimum absolute atomic E-state index is 0.423. The predicted octanol–water partition coefficient (Wildman–Crippen LogP) is 2.07. The molecule has 0 aromatic carbocycles. The molecule has 1 aromatic rings. The van der Waals surface area contributed by atoms with Crippen LogP contribution in [0.1, 0.15) is 31.2 Å². The number of rotatable bonds is 3. The van der Waals surface area contributed by atoms with Gasteiger partial charge in [-0.15, -0.1) is 0 Å². The predicted molar refractivity (Wildman–Crippen MR) is 66.0 cm³/mol. The van der Waals surface area contributed by atoms with Crippen molar-refractivity contribution in [1.29, 1.82) is 0 Å². The van der Waals surface area contributed by atoms with Crippen molar-refractivity contribution < 1.29 is 0 Å². The van der Waals surface area contributed by atoms with E-state index in [4.69, 9.17) is 18.0 Å². The molecule has 1 heterocycles. The number of anilines is 1. The van der Waals surface area contributed by atoms with Gasteiger partial charge in [-0.1, -0.05) is 25.1 Å². The fourth-order valence-electron chi connectivity index (χ4n) is 1.94. The van der Waals surface area contributed by atoms with Crippen LogP contribution in [0, 0.1) is 0 Å². The fourth-order valence-corrected chi connectivity index (χ4v) is 2.07. The van der Waals surface area contributed by atoms with Gasteiger partial charge in [-0.2, -0.15) is 0 Å². The monoisotopic (exact) mass is 221 g/mol. The zero-order valence-corrected chi connectivity index (χ0v) is 9.39. The van der Waals surface area contributed by atoms with E-state index in [0.717, 1.165) is 11.4 Å². The maximum atomic E-state index is 5.57. The highest BCUT2D eigenvalue weighted by Crippen LogP contribution is 2.21. The normalized spacial score (nSPS) is 16.5. The number of nitrogens with one attached hydrogen (secondary N) is 1. The van der Waals surface area contributed by atoms with Gasteiger partial charge in [0.25, 0.3) is 0 Å². The molecular formula is C11H15N3S. The van der Waals surface area contributed by atoms with Crippen LogP contribution in [0.5, 0.6) is 0 Å². The first-order valence-corrected chi connectivity index (χ1v) is 5.69. The van der Waals surface area contributed by atoms with Gasteiger partial charge in [-0.05, 0) is 25.0 Å². The molecule has 0 bridgehead atoms. The van der Waals surface area contributed by atoms with Crippen LogP contribution in [0.15, 0.2) is 18.3 Å². The van der Waals surface area contributed by atoms with Crippen molar-refractivity contribution in [1.82, 2.24) is 4.98 Å². The summed E-state index contributed by atoms with van der Waals surface area (Å²) >= 11 is 4.93. The van der Waals surface area contributed by atoms with Crippen LogP contribution in [0.25, 0.3) is 0 Å². The molecule has 4 heteroatoms. The largest absolute Gasteiger partial charge is 0.389 e. The summed E-state index contributed by atoms with van der Waals surface area (Å²) in [5, 5.41) is 3.41. The Labute approximate surface area is 95.1 Å². The van der Waals surface area contributed by atoms with Gasteiger partial charge in [0.1, 0.15) is 10.8 Å². The first-order chi connectivity index (χ1) is 7.25. The van der Waals surface area contributed by atoms with Crippen LogP contribution in [0.3, 0.4) is 0 Å². The van der Waals surface area contributed by atoms with E-state index in [0.29, 0.717) is 11.0 Å². The molecule has 0 aliphatic heterocycles. The minimum Gasteiger partial charge on any atom is -0.389 e. The molecule has 1 aliphatic rings. The second-order valence-electron chi connectivity index (χ2n) is 3.92. The van der Waals surface area contributed by atoms with Crippen molar-refractivity contribution >= 4 is 23.0 Å². The lowest BCUT2D eigenvalue weighted by Crippen LogP contribution is -2.16. The SMILES string of the molecule is NC(=S)c1ccnc(NC2CCCC2)c1. The number of pyridine rings is 1. The Balaban J connectivity index is 2.07. The van der Waals surface area contributed by atoms with Crippen molar-refractivity contribution in [3.05, 3.63) is 23.9 Å². The molecule has 0 atom stereocenters. The molecular weight excluding hydrogens is 206 g/mol. The highest BCUT2D eigenvalue weighted by molar-refractivity contribution is 7.80. The number of hydrogen-bond donors (Lipinski definition) is 2. The summed E-state index contributed by atoms with van der Waals surface area (Å²) in [4.78, 5) is 4.68. The first-order valence-electron chi connectivity index (χ1n) is 5.28. The summed E-state index contributed by atoms with van der Waals surface area (Å²) in [7, 11) is 0. The zero-order valence-electron chi connectivity index (χ0n) is 8.57. The van der Waals surface area contributed by atoms with E-state index < -0.39 is 0 Å². The van der Waals surface area contributed by atoms with Crippen LogP contribution in [-0.2, 0) is 0 Å². The lowest BCUT2D eigenvalue weighted by molar-refractivity contribution is 0.750. The second-order valence-corrected chi connectivity index (χ2v) is 4.36. The van der Waals surface area contributed by atoms with Crippen molar-refractivity contribution in [2.24, 2.45) is 5.73 Å². The zero-order chi connectivity index (χ0) is 10.7. The lowest BCUT2D eigenvalue weighted by atomic mass is 10.2. The maximum absolute atomic E-state index is 5.57. The highest BCUT2D eigenvalue weighted by atomic mass is 32.1. The standard InChI is InChI=1S/C11H15N3S/c12-11(15)8-5-6-13-10(7-8)14-9-3-1-2-4-9/h5-7,9H,1-4H2,(H2,12,15)(H,13,14). The maximum Gasteiger partial charge on any atom is 0.126 e. The Kier molecular flexibility index (Phi) is 3.16. The van der Waals surface area contributed by atoms with Crippen LogP contribution in [0.4, 0.5) is 5.82 Å². The van der Waals surface area contributed by atoms with E-state index in [9.17, 15) is 0 Å². The van der Waals surface area contributed by atoms with Gasteiger partial charge < -0.3 is 11.1 Å². The van der Waals surface area contributed by atoms with Gasteiger partial charge in [-0.25, -0.2) is 4.98 Å². The average molecular weight is 221 g/mol. The quantitative estimate of drug-likeness (QED) is 0.767. The Morgan fingerprint density at radius 3 is 2.87 bits per heavy atom. The Hall–Kier alpha value is -1.16. The number of nitrogens with two attached hydrogens (primary N) is 1. The highest BCUT2D eigenvalue weighted by Gasteiger charge is 2.14. The third-order valence-electron chi connectivity index (χ3n) is 2.75. The lowest BCUT2D eigenvalue weighted by Gasteiger charge is -2.12. The molecule has 0 amide bonds. The molecule has 0 saturated heterocycles. The number of aromatic nitrogens is 1. The van der Waals surface area contributed by atoms with Crippen LogP contribution in [0.2, 0.25) is 0 Å². The second kappa shape index (κ2) is 4.57. The van der Waals surface area contributed by atoms with Crippen LogP contribution in [-0.4, -0.2) is 16.0 Å². The van der Waals surface area contributed by atoms with Crippen LogP contribution < -0.4 is 11.1 Å². The van der Waals surface area contributed by atoms with E-state index in [1.54, 1.807) is 6.20 Å². The number of nitrogens with zero attached hydrogens (tertiary/aromatic N) is 1. The molecule has 1 fully saturated rings. The molecule has 0 spiro atoms. The third kappa shape index (κ3) is 2.65. The molecule has 0 radical (unpaired) electrons. The smallest absolute Gasteiger partial charge is 0.126 e. The Morgan fingerprint density at radius 1 is 1.47 bits per heavy atom. The van der Waals surface area contributed by atoms with E-state index in [2.05, 4.69) is 10.3 Å². The van der Waals surface area contributed by atoms with Gasteiger partial charge in [0.05, 0.1) is 0 Å². The topological polar surface area (TPSA) is 50.9 Å². The number of thiocarbonyl (C=S) groups is 1. The molecule has 1 saturated carbocycles. The van der Waals surface area contributed by atoms with Gasteiger partial charge in [0, 0.05) is 17.8 Å². The van der Waals surface area contributed by atoms with Gasteiger partial charge in [0.2, 0.25) is 0 Å². The van der Waals surface area contributed by atoms with E-state index in [-0.39, 0.29) is 0 Å². The summed E-state index contributed by atoms with van der Waals surface area (Å²) < 4.78 is 0.